The monoisotopic (exact) mass is 174 g/mol. The molecule has 0 atom stereocenters. The van der Waals surface area contributed by atoms with E-state index in [1.165, 1.54) is 0 Å². The molecule has 0 aliphatic carbocycles. The first-order valence-corrected chi connectivity index (χ1v) is 1.95. The van der Waals surface area contributed by atoms with Crippen molar-refractivity contribution in [3.8, 4) is 0 Å². The summed E-state index contributed by atoms with van der Waals surface area (Å²) in [7, 11) is -3.13. The Morgan fingerprint density at radius 2 is 1.29 bits per heavy atom. The van der Waals surface area contributed by atoms with Gasteiger partial charge in [-0.2, -0.15) is 0 Å². The summed E-state index contributed by atoms with van der Waals surface area (Å²) in [5.74, 6) is 0. The van der Waals surface area contributed by atoms with Crippen molar-refractivity contribution in [1.29, 1.82) is 0 Å². The molecule has 7 heavy (non-hydrogen) atoms. The van der Waals surface area contributed by atoms with E-state index in [9.17, 15) is 0 Å². The Labute approximate surface area is 106 Å². The molecule has 36 valence electrons. The molecule has 0 aliphatic heterocycles. The van der Waals surface area contributed by atoms with Gasteiger partial charge in [0.05, 0.1) is 0 Å². The second-order valence-electron chi connectivity index (χ2n) is 0.283. The Morgan fingerprint density at radius 1 is 1.29 bits per heavy atom. The Balaban J connectivity index is -0.0000000150. The summed E-state index contributed by atoms with van der Waals surface area (Å²) in [4.78, 5) is 14.3. The van der Waals surface area contributed by atoms with E-state index in [0.717, 1.165) is 0 Å². The number of hydrogen-bond acceptors (Lipinski definition) is 1. The molecule has 0 aromatic heterocycles. The Bertz CT molecular complexity index is 37.9. The Hall–Kier alpha value is 2.41. The maximum absolute atomic E-state index is 8.74. The molecular weight excluding hydrogens is 166 g/mol. The van der Waals surface area contributed by atoms with Crippen LogP contribution in [0.1, 0.15) is 0 Å². The molecule has 0 bridgehead atoms. The van der Waals surface area contributed by atoms with E-state index in [-0.39, 0.29) is 84.7 Å². The summed E-state index contributed by atoms with van der Waals surface area (Å²) >= 11 is 0. The minimum absolute atomic E-state index is 0. The van der Waals surface area contributed by atoms with Crippen molar-refractivity contribution < 1.29 is 14.1 Å². The van der Waals surface area contributed by atoms with Gasteiger partial charge in [0.25, 0.3) is 0 Å². The number of hydrogen-bond donors (Lipinski definition) is 2. The molecule has 0 aliphatic rings. The van der Waals surface area contributed by atoms with Crippen LogP contribution < -0.4 is 0 Å². The minimum atomic E-state index is -3.13. The summed E-state index contributed by atoms with van der Waals surface area (Å²) in [6.45, 7) is 0. The molecule has 0 saturated heterocycles. The first-order valence-electron chi connectivity index (χ1n) is 0.651. The van der Waals surface area contributed by atoms with Crippen molar-refractivity contribution in [2.45, 2.75) is 0 Å². The van der Waals surface area contributed by atoms with Gasteiger partial charge in [-0.3, -0.25) is 4.46 Å². The molecule has 0 aromatic rings. The van der Waals surface area contributed by atoms with Crippen LogP contribution in [0.5, 0.6) is 0 Å². The second-order valence-corrected chi connectivity index (χ2v) is 0.848. The standard InChI is InChI=1S/Al.Ca.Na.H2O3Si.6H/c;;;1-4(2)3;;;;;;/h;;;1-2H;;;;;;. The van der Waals surface area contributed by atoms with Gasteiger partial charge in [0.15, 0.2) is 17.4 Å². The average Bonchev–Trinajstić information content (AvgIpc) is 0.811. The van der Waals surface area contributed by atoms with Gasteiger partial charge < -0.3 is 9.59 Å². The van der Waals surface area contributed by atoms with E-state index in [1.54, 1.807) is 0 Å². The SMILES string of the molecule is O=[Si](O)O.[AlH3].[CaH2].[NaH]. The average molecular weight is 174 g/mol. The predicted octanol–water partition coefficient (Wildman–Crippen LogP) is -4.36. The fraction of sp³-hybridized carbons (Fsp3) is 0. The van der Waals surface area contributed by atoms with Crippen LogP contribution in [0.3, 0.4) is 0 Å². The van der Waals surface area contributed by atoms with Crippen molar-refractivity contribution in [2.75, 3.05) is 0 Å². The molecule has 0 rings (SSSR count). The number of rotatable bonds is 0. The molecule has 0 unspecified atom stereocenters. The van der Waals surface area contributed by atoms with Crippen LogP contribution in [0.15, 0.2) is 0 Å². The molecule has 7 heteroatoms. The van der Waals surface area contributed by atoms with Crippen molar-refractivity contribution in [3.63, 3.8) is 0 Å². The summed E-state index contributed by atoms with van der Waals surface area (Å²) in [5, 5.41) is 0. The predicted molar refractivity (Wildman–Crippen MR) is 36.5 cm³/mol. The first-order chi connectivity index (χ1) is 1.73. The van der Waals surface area contributed by atoms with Gasteiger partial charge in [0.2, 0.25) is 0 Å². The zero-order chi connectivity index (χ0) is 3.58. The van der Waals surface area contributed by atoms with Crippen LogP contribution >= 0.6 is 0 Å². The van der Waals surface area contributed by atoms with E-state index in [0.29, 0.717) is 0 Å². The molecule has 0 radical (unpaired) electrons. The molecule has 0 heterocycles. The molecular formula is H8AlCaNaO3Si. The molecule has 0 fully saturated rings. The quantitative estimate of drug-likeness (QED) is 0.365. The van der Waals surface area contributed by atoms with Crippen LogP contribution in [-0.2, 0) is 4.46 Å². The third-order valence-corrected chi connectivity index (χ3v) is 0. The first kappa shape index (κ1) is 22.7. The molecule has 0 aromatic carbocycles. The topological polar surface area (TPSA) is 57.5 Å². The van der Waals surface area contributed by atoms with E-state index in [4.69, 9.17) is 14.1 Å². The normalized spacial score (nSPS) is 3.43. The fourth-order valence-electron chi connectivity index (χ4n) is 0. The van der Waals surface area contributed by atoms with E-state index in [1.807, 2.05) is 0 Å². The summed E-state index contributed by atoms with van der Waals surface area (Å²) in [6, 6.07) is 0. The van der Waals surface area contributed by atoms with Gasteiger partial charge in [-0.05, 0) is 0 Å². The third kappa shape index (κ3) is 59.5. The zero-order valence-electron chi connectivity index (χ0n) is 1.80. The van der Waals surface area contributed by atoms with Gasteiger partial charge in [-0.1, -0.05) is 0 Å². The summed E-state index contributed by atoms with van der Waals surface area (Å²) < 4.78 is 8.74. The van der Waals surface area contributed by atoms with Crippen molar-refractivity contribution in [2.24, 2.45) is 0 Å². The van der Waals surface area contributed by atoms with E-state index in [2.05, 4.69) is 0 Å². The molecule has 0 amide bonds. The van der Waals surface area contributed by atoms with Gasteiger partial charge in [0, 0.05) is 0 Å². The van der Waals surface area contributed by atoms with Gasteiger partial charge in [0.1, 0.15) is 0 Å². The van der Waals surface area contributed by atoms with E-state index < -0.39 is 9.17 Å². The Morgan fingerprint density at radius 3 is 1.29 bits per heavy atom. The van der Waals surface area contributed by atoms with Crippen LogP contribution in [0.2, 0.25) is 0 Å². The van der Waals surface area contributed by atoms with Gasteiger partial charge in [-0.15, -0.1) is 0 Å². The van der Waals surface area contributed by atoms with E-state index >= 15 is 0 Å². The third-order valence-electron chi connectivity index (χ3n) is 0. The molecule has 0 spiro atoms. The van der Waals surface area contributed by atoms with Crippen molar-refractivity contribution >= 4 is 93.8 Å². The van der Waals surface area contributed by atoms with Crippen molar-refractivity contribution in [1.82, 2.24) is 0 Å². The molecule has 3 nitrogen and oxygen atoms in total. The van der Waals surface area contributed by atoms with Crippen LogP contribution in [0.25, 0.3) is 0 Å². The molecule has 0 saturated carbocycles. The maximum atomic E-state index is 8.74. The fourth-order valence-corrected chi connectivity index (χ4v) is 0. The van der Waals surface area contributed by atoms with Crippen LogP contribution in [0.4, 0.5) is 0 Å². The zero-order valence-corrected chi connectivity index (χ0v) is 2.80. The van der Waals surface area contributed by atoms with Gasteiger partial charge >= 0.3 is 76.5 Å². The molecule has 2 N–H and O–H groups in total. The summed E-state index contributed by atoms with van der Waals surface area (Å²) in [6.07, 6.45) is 0. The van der Waals surface area contributed by atoms with Crippen LogP contribution in [0, 0.1) is 0 Å². The van der Waals surface area contributed by atoms with Crippen molar-refractivity contribution in [3.05, 3.63) is 0 Å². The van der Waals surface area contributed by atoms with Gasteiger partial charge in [-0.25, -0.2) is 0 Å². The summed E-state index contributed by atoms with van der Waals surface area (Å²) in [5.41, 5.74) is 0. The Kier molecular flexibility index (Phi) is 51.3. The van der Waals surface area contributed by atoms with Crippen LogP contribution in [-0.4, -0.2) is 103 Å². The second kappa shape index (κ2) is 15.8.